The minimum absolute atomic E-state index is 0.0109. The van der Waals surface area contributed by atoms with E-state index in [0.29, 0.717) is 23.6 Å². The number of esters is 1. The van der Waals surface area contributed by atoms with E-state index in [2.05, 4.69) is 20.1 Å². The quantitative estimate of drug-likeness (QED) is 0.266. The number of fused-ring (bicyclic) bond motifs is 1. The Bertz CT molecular complexity index is 1050. The van der Waals surface area contributed by atoms with Crippen LogP contribution in [0.4, 0.5) is 5.69 Å². The highest BCUT2D eigenvalue weighted by atomic mass is 35.5. The zero-order valence-electron chi connectivity index (χ0n) is 20.5. The molecule has 0 aliphatic carbocycles. The van der Waals surface area contributed by atoms with Crippen LogP contribution in [-0.2, 0) is 19.1 Å². The molecular formula is C27H33ClN2O5S. The molecule has 36 heavy (non-hydrogen) atoms. The summed E-state index contributed by atoms with van der Waals surface area (Å²) in [7, 11) is 0. The van der Waals surface area contributed by atoms with E-state index in [1.807, 2.05) is 0 Å². The van der Waals surface area contributed by atoms with Crippen molar-refractivity contribution in [3.8, 4) is 0 Å². The fourth-order valence-electron chi connectivity index (χ4n) is 6.17. The number of rotatable bonds is 11. The first-order valence-electron chi connectivity index (χ1n) is 12.4. The molecule has 3 unspecified atom stereocenters. The molecule has 3 aliphatic heterocycles. The summed E-state index contributed by atoms with van der Waals surface area (Å²) >= 11 is 8.04. The molecule has 194 valence electrons. The van der Waals surface area contributed by atoms with Crippen molar-refractivity contribution in [2.75, 3.05) is 31.2 Å². The minimum atomic E-state index is -0.845. The maximum Gasteiger partial charge on any atom is 0.310 e. The van der Waals surface area contributed by atoms with Gasteiger partial charge in [0.2, 0.25) is 5.91 Å². The second-order valence-electron chi connectivity index (χ2n) is 9.60. The first-order chi connectivity index (χ1) is 17.3. The molecular weight excluding hydrogens is 500 g/mol. The number of amides is 2. The number of aliphatic hydroxyl groups excluding tert-OH is 1. The van der Waals surface area contributed by atoms with Crippen molar-refractivity contribution in [3.63, 3.8) is 0 Å². The Morgan fingerprint density at radius 3 is 2.75 bits per heavy atom. The zero-order valence-corrected chi connectivity index (χ0v) is 22.0. The van der Waals surface area contributed by atoms with E-state index in [4.69, 9.17) is 16.3 Å². The maximum atomic E-state index is 14.3. The van der Waals surface area contributed by atoms with Gasteiger partial charge in [0.1, 0.15) is 6.04 Å². The molecule has 0 aromatic heterocycles. The van der Waals surface area contributed by atoms with Gasteiger partial charge >= 0.3 is 5.97 Å². The molecule has 2 amide bonds. The number of unbranched alkanes of at least 4 members (excludes halogenated alkanes) is 1. The third-order valence-corrected chi connectivity index (χ3v) is 10.0. The fourth-order valence-corrected chi connectivity index (χ4v) is 8.81. The molecule has 0 saturated carbocycles. The van der Waals surface area contributed by atoms with E-state index in [1.165, 1.54) is 4.90 Å². The van der Waals surface area contributed by atoms with Gasteiger partial charge < -0.3 is 19.6 Å². The van der Waals surface area contributed by atoms with Crippen LogP contribution in [0.15, 0.2) is 49.6 Å². The Morgan fingerprint density at radius 2 is 2.08 bits per heavy atom. The fraction of sp³-hybridized carbons (Fsp3) is 0.519. The zero-order chi connectivity index (χ0) is 26.0. The number of benzene rings is 1. The van der Waals surface area contributed by atoms with Crippen molar-refractivity contribution < 1.29 is 24.2 Å². The summed E-state index contributed by atoms with van der Waals surface area (Å²) in [6, 6.07) is 6.22. The Labute approximate surface area is 221 Å². The van der Waals surface area contributed by atoms with Crippen LogP contribution in [0.2, 0.25) is 5.02 Å². The molecule has 2 bridgehead atoms. The second-order valence-corrected chi connectivity index (χ2v) is 11.6. The topological polar surface area (TPSA) is 87.2 Å². The molecule has 9 heteroatoms. The largest absolute Gasteiger partial charge is 0.465 e. The number of carbonyl (C=O) groups is 3. The molecule has 4 rings (SSSR count). The van der Waals surface area contributed by atoms with Crippen molar-refractivity contribution in [2.24, 2.45) is 17.8 Å². The van der Waals surface area contributed by atoms with Gasteiger partial charge in [-0.2, -0.15) is 0 Å². The summed E-state index contributed by atoms with van der Waals surface area (Å²) < 4.78 is 4.79. The maximum absolute atomic E-state index is 14.3. The summed E-state index contributed by atoms with van der Waals surface area (Å²) in [6.45, 7) is 9.75. The van der Waals surface area contributed by atoms with Gasteiger partial charge in [0.25, 0.3) is 5.91 Å². The number of para-hydroxylation sites is 1. The lowest BCUT2D eigenvalue weighted by molar-refractivity contribution is -0.154. The van der Waals surface area contributed by atoms with Crippen molar-refractivity contribution >= 4 is 46.8 Å². The summed E-state index contributed by atoms with van der Waals surface area (Å²) in [5, 5.41) is 10.1. The van der Waals surface area contributed by atoms with Crippen LogP contribution >= 0.6 is 23.4 Å². The molecule has 1 aromatic carbocycles. The van der Waals surface area contributed by atoms with Gasteiger partial charge in [-0.05, 0) is 37.3 Å². The molecule has 3 aliphatic rings. The van der Waals surface area contributed by atoms with Gasteiger partial charge in [-0.3, -0.25) is 14.4 Å². The van der Waals surface area contributed by atoms with Gasteiger partial charge in [-0.25, -0.2) is 0 Å². The number of allylic oxidation sites excluding steroid dienone is 1. The Balaban J connectivity index is 1.72. The summed E-state index contributed by atoms with van der Waals surface area (Å²) in [5.41, 5.74) is 0.531. The third kappa shape index (κ3) is 4.27. The average Bonchev–Trinajstić information content (AvgIpc) is 3.45. The monoisotopic (exact) mass is 532 g/mol. The number of aliphatic hydroxyl groups is 1. The first kappa shape index (κ1) is 26.8. The Morgan fingerprint density at radius 1 is 1.33 bits per heavy atom. The number of carbonyl (C=O) groups excluding carboxylic acids is 3. The molecule has 1 N–H and O–H groups in total. The molecule has 3 fully saturated rings. The lowest BCUT2D eigenvalue weighted by Crippen LogP contribution is -2.57. The van der Waals surface area contributed by atoms with Gasteiger partial charge in [0.15, 0.2) is 0 Å². The third-order valence-electron chi connectivity index (χ3n) is 7.61. The van der Waals surface area contributed by atoms with Crippen molar-refractivity contribution in [3.05, 3.63) is 54.6 Å². The normalized spacial score (nSPS) is 30.2. The summed E-state index contributed by atoms with van der Waals surface area (Å²) in [5.74, 6) is -2.22. The molecule has 0 radical (unpaired) electrons. The van der Waals surface area contributed by atoms with E-state index >= 15 is 0 Å². The average molecular weight is 533 g/mol. The summed E-state index contributed by atoms with van der Waals surface area (Å²) in [4.78, 5) is 44.4. The highest BCUT2D eigenvalue weighted by Crippen LogP contribution is 2.68. The summed E-state index contributed by atoms with van der Waals surface area (Å²) in [6.07, 6.45) is 5.52. The Hall–Kier alpha value is -2.29. The van der Waals surface area contributed by atoms with Gasteiger partial charge in [-0.1, -0.05) is 42.8 Å². The van der Waals surface area contributed by atoms with Crippen molar-refractivity contribution in [1.29, 1.82) is 0 Å². The number of nitrogens with zero attached hydrogens (tertiary/aromatic N) is 2. The van der Waals surface area contributed by atoms with E-state index in [9.17, 15) is 19.5 Å². The highest BCUT2D eigenvalue weighted by Gasteiger charge is 2.76. The smallest absolute Gasteiger partial charge is 0.310 e. The van der Waals surface area contributed by atoms with Crippen LogP contribution in [0.1, 0.15) is 26.2 Å². The van der Waals surface area contributed by atoms with Crippen LogP contribution in [-0.4, -0.2) is 70.1 Å². The number of hydrogen-bond donors (Lipinski definition) is 1. The number of β-amino-alcohol motifs (C(OH)–C–C–N with tert-alkyl or cyclic N) is 1. The van der Waals surface area contributed by atoms with Crippen LogP contribution in [0.5, 0.6) is 0 Å². The number of hydrogen-bond acceptors (Lipinski definition) is 6. The van der Waals surface area contributed by atoms with Crippen molar-refractivity contribution in [1.82, 2.24) is 4.90 Å². The number of ether oxygens (including phenoxy) is 1. The van der Waals surface area contributed by atoms with E-state index < -0.39 is 22.6 Å². The predicted octanol–water partition coefficient (Wildman–Crippen LogP) is 3.70. The standard InChI is InChI=1S/C27H33ClN2O5S/c1-4-6-9-15-35-26(34)21-20-16-17(3)27(36-20)22(21)24(32)30(13-14-31)23(27)25(33)29(12-5-2)19-11-8-7-10-18(19)28/h4-5,7-8,10-11,17,20-23,31H,1-2,6,9,12-16H2,3H3/t17?,20-,21+,22-,23?,27?/m0/s1. The number of thioether (sulfide) groups is 1. The second kappa shape index (κ2) is 11.0. The van der Waals surface area contributed by atoms with Crippen LogP contribution < -0.4 is 4.90 Å². The number of likely N-dealkylation sites (tertiary alicyclic amines) is 1. The molecule has 1 spiro atoms. The molecule has 1 aromatic rings. The van der Waals surface area contributed by atoms with E-state index in [0.717, 1.165) is 6.42 Å². The minimum Gasteiger partial charge on any atom is -0.465 e. The first-order valence-corrected chi connectivity index (χ1v) is 13.6. The Kier molecular flexibility index (Phi) is 8.17. The predicted molar refractivity (Wildman–Crippen MR) is 142 cm³/mol. The van der Waals surface area contributed by atoms with Crippen LogP contribution in [0, 0.1) is 17.8 Å². The molecule has 3 saturated heterocycles. The lowest BCUT2D eigenvalue weighted by atomic mass is 9.66. The van der Waals surface area contributed by atoms with Crippen molar-refractivity contribution in [2.45, 2.75) is 42.2 Å². The lowest BCUT2D eigenvalue weighted by Gasteiger charge is -2.40. The van der Waals surface area contributed by atoms with E-state index in [1.54, 1.807) is 53.1 Å². The van der Waals surface area contributed by atoms with Crippen LogP contribution in [0.3, 0.4) is 0 Å². The molecule has 3 heterocycles. The number of halogens is 1. The molecule has 7 nitrogen and oxygen atoms in total. The SMILES string of the molecule is C=CCCCOC(=O)[C@@H]1[C@@H]2CC(C)C3(S2)C(C(=O)N(CC=C)c2ccccc2Cl)N(CCO)C(=O)[C@H]13. The van der Waals surface area contributed by atoms with Gasteiger partial charge in [-0.15, -0.1) is 24.9 Å². The van der Waals surface area contributed by atoms with Gasteiger partial charge in [0, 0.05) is 18.3 Å². The molecule has 6 atom stereocenters. The van der Waals surface area contributed by atoms with Gasteiger partial charge in [0.05, 0.1) is 40.5 Å². The van der Waals surface area contributed by atoms with E-state index in [-0.39, 0.29) is 55.3 Å². The number of anilines is 1. The highest BCUT2D eigenvalue weighted by molar-refractivity contribution is 8.02. The van der Waals surface area contributed by atoms with Crippen LogP contribution in [0.25, 0.3) is 0 Å².